The van der Waals surface area contributed by atoms with E-state index in [1.165, 1.54) is 42.3 Å². The second-order valence-electron chi connectivity index (χ2n) is 13.5. The summed E-state index contributed by atoms with van der Waals surface area (Å²) in [6.45, 7) is 0.120. The molecule has 3 fully saturated rings. The molecule has 1 saturated carbocycles. The standard InChI is InChI=1S/C40H33ClFN3O6/c1-51-32-9-5-8-31(46)34(32)35-27-18-19-28-33(38(49)44(36(28)47)21-22-6-3-2-4-7-22)29(27)20-30-37(48)45(43-26-16-14-25(42)15-17-26)39(50)40(30,35)23-10-12-24(41)13-11-23/h2-18,28-30,33,35,43,46H,19-21H2,1H3/t28-,29+,30-,33-,35+,40+/m0/s1. The number of likely N-dealkylation sites (tertiary alicyclic amines) is 1. The van der Waals surface area contributed by atoms with Gasteiger partial charge in [-0.2, -0.15) is 5.01 Å². The Morgan fingerprint density at radius 2 is 1.61 bits per heavy atom. The van der Waals surface area contributed by atoms with E-state index >= 15 is 4.79 Å². The van der Waals surface area contributed by atoms with Crippen LogP contribution >= 0.6 is 11.6 Å². The molecule has 4 aliphatic rings. The Labute approximate surface area is 298 Å². The minimum atomic E-state index is -1.65. The van der Waals surface area contributed by atoms with Crippen LogP contribution in [-0.2, 0) is 31.1 Å². The first-order chi connectivity index (χ1) is 24.6. The number of aromatic hydroxyl groups is 1. The maximum Gasteiger partial charge on any atom is 0.260 e. The average Bonchev–Trinajstić information content (AvgIpc) is 3.50. The fourth-order valence-electron chi connectivity index (χ4n) is 8.96. The number of nitrogens with zero attached hydrogens (tertiary/aromatic N) is 2. The number of imide groups is 2. The highest BCUT2D eigenvalue weighted by molar-refractivity contribution is 6.30. The molecule has 2 aliphatic heterocycles. The minimum absolute atomic E-state index is 0.0758. The van der Waals surface area contributed by atoms with Gasteiger partial charge in [0, 0.05) is 16.5 Å². The average molecular weight is 706 g/mol. The lowest BCUT2D eigenvalue weighted by Crippen LogP contribution is -2.53. The predicted molar refractivity (Wildman–Crippen MR) is 186 cm³/mol. The number of rotatable bonds is 7. The first-order valence-corrected chi connectivity index (χ1v) is 17.1. The lowest BCUT2D eigenvalue weighted by molar-refractivity contribution is -0.142. The number of nitrogens with one attached hydrogen (secondary N) is 1. The summed E-state index contributed by atoms with van der Waals surface area (Å²) < 4.78 is 19.7. The highest BCUT2D eigenvalue weighted by Gasteiger charge is 2.71. The van der Waals surface area contributed by atoms with Crippen LogP contribution in [0.1, 0.15) is 35.4 Å². The molecule has 0 aromatic heterocycles. The van der Waals surface area contributed by atoms with Gasteiger partial charge in [0.2, 0.25) is 11.8 Å². The van der Waals surface area contributed by atoms with Gasteiger partial charge in [0.1, 0.15) is 17.3 Å². The van der Waals surface area contributed by atoms with Crippen LogP contribution in [0, 0.1) is 29.5 Å². The van der Waals surface area contributed by atoms with Crippen LogP contribution in [0.4, 0.5) is 10.1 Å². The second kappa shape index (κ2) is 12.4. The van der Waals surface area contributed by atoms with Crippen LogP contribution in [-0.4, -0.2) is 45.8 Å². The van der Waals surface area contributed by atoms with Crippen LogP contribution in [0.5, 0.6) is 11.5 Å². The van der Waals surface area contributed by atoms with Crippen molar-refractivity contribution in [3.8, 4) is 11.5 Å². The summed E-state index contributed by atoms with van der Waals surface area (Å²) in [7, 11) is 1.46. The highest BCUT2D eigenvalue weighted by atomic mass is 35.5. The van der Waals surface area contributed by atoms with Crippen molar-refractivity contribution in [3.63, 3.8) is 0 Å². The van der Waals surface area contributed by atoms with Crippen LogP contribution in [0.15, 0.2) is 109 Å². The molecule has 9 nitrogen and oxygen atoms in total. The van der Waals surface area contributed by atoms with Gasteiger partial charge >= 0.3 is 0 Å². The van der Waals surface area contributed by atoms with Gasteiger partial charge in [0.25, 0.3) is 11.8 Å². The number of fused-ring (bicyclic) bond motifs is 4. The SMILES string of the molecule is COc1cccc(O)c1[C@H]1C2=CC[C@@H]3C(=O)N(Cc4ccccc4)C(=O)[C@@H]3[C@@H]2C[C@H]2C(=O)N(Nc3ccc(F)cc3)C(=O)[C@@]12c1ccc(Cl)cc1. The zero-order chi connectivity index (χ0) is 35.6. The number of hydrazine groups is 1. The van der Waals surface area contributed by atoms with Gasteiger partial charge in [-0.05, 0) is 78.4 Å². The Morgan fingerprint density at radius 3 is 2.31 bits per heavy atom. The van der Waals surface area contributed by atoms with Crippen LogP contribution in [0.25, 0.3) is 0 Å². The molecular weight excluding hydrogens is 673 g/mol. The molecule has 4 aromatic rings. The summed E-state index contributed by atoms with van der Waals surface area (Å²) in [5.74, 6) is -6.21. The summed E-state index contributed by atoms with van der Waals surface area (Å²) in [4.78, 5) is 59.6. The zero-order valence-corrected chi connectivity index (χ0v) is 28.2. The summed E-state index contributed by atoms with van der Waals surface area (Å²) in [6, 6.07) is 26.1. The van der Waals surface area contributed by atoms with Gasteiger partial charge in [-0.3, -0.25) is 29.5 Å². The number of anilines is 1. The van der Waals surface area contributed by atoms with E-state index < -0.39 is 52.6 Å². The molecule has 0 radical (unpaired) electrons. The van der Waals surface area contributed by atoms with Crippen molar-refractivity contribution in [2.24, 2.45) is 23.7 Å². The summed E-state index contributed by atoms with van der Waals surface area (Å²) in [5.41, 5.74) is 3.84. The number of benzene rings is 4. The number of hydrogen-bond donors (Lipinski definition) is 2. The molecule has 8 rings (SSSR count). The van der Waals surface area contributed by atoms with E-state index in [1.807, 2.05) is 36.4 Å². The van der Waals surface area contributed by atoms with Crippen molar-refractivity contribution in [2.75, 3.05) is 12.5 Å². The Bertz CT molecular complexity index is 2110. The third kappa shape index (κ3) is 4.95. The Balaban J connectivity index is 1.33. The molecule has 2 heterocycles. The summed E-state index contributed by atoms with van der Waals surface area (Å²) in [5, 5.41) is 13.0. The Kier molecular flexibility index (Phi) is 7.94. The van der Waals surface area contributed by atoms with Crippen LogP contribution in [0.3, 0.4) is 0 Å². The molecule has 4 aromatic carbocycles. The number of methoxy groups -OCH3 is 1. The lowest BCUT2D eigenvalue weighted by Gasteiger charge is -2.50. The molecule has 2 saturated heterocycles. The Hall–Kier alpha value is -5.48. The molecule has 2 aliphatic carbocycles. The second-order valence-corrected chi connectivity index (χ2v) is 14.0. The van der Waals surface area contributed by atoms with Crippen molar-refractivity contribution in [3.05, 3.63) is 136 Å². The van der Waals surface area contributed by atoms with Gasteiger partial charge < -0.3 is 9.84 Å². The summed E-state index contributed by atoms with van der Waals surface area (Å²) >= 11 is 6.35. The molecule has 2 N–H and O–H groups in total. The number of halogens is 2. The van der Waals surface area contributed by atoms with Gasteiger partial charge in [-0.15, -0.1) is 0 Å². The van der Waals surface area contributed by atoms with Crippen molar-refractivity contribution in [2.45, 2.75) is 30.7 Å². The van der Waals surface area contributed by atoms with E-state index in [0.717, 1.165) is 10.6 Å². The molecule has 0 bridgehead atoms. The number of phenolic OH excluding ortho intramolecular Hbond substituents is 1. The third-order valence-electron chi connectivity index (χ3n) is 11.1. The first-order valence-electron chi connectivity index (χ1n) is 16.8. The molecule has 0 spiro atoms. The number of phenols is 1. The minimum Gasteiger partial charge on any atom is -0.508 e. The third-order valence-corrected chi connectivity index (χ3v) is 11.3. The van der Waals surface area contributed by atoms with Crippen molar-refractivity contribution < 1.29 is 33.4 Å². The van der Waals surface area contributed by atoms with Gasteiger partial charge in [0.05, 0.1) is 42.5 Å². The number of allylic oxidation sites excluding steroid dienone is 2. The topological polar surface area (TPSA) is 116 Å². The number of carbonyl (C=O) groups excluding carboxylic acids is 4. The largest absolute Gasteiger partial charge is 0.508 e. The van der Waals surface area contributed by atoms with Crippen LogP contribution < -0.4 is 10.2 Å². The molecule has 6 atom stereocenters. The van der Waals surface area contributed by atoms with Crippen LogP contribution in [0.2, 0.25) is 5.02 Å². The monoisotopic (exact) mass is 705 g/mol. The van der Waals surface area contributed by atoms with Gasteiger partial charge in [-0.1, -0.05) is 71.8 Å². The predicted octanol–water partition coefficient (Wildman–Crippen LogP) is 6.38. The number of ether oxygens (including phenoxy) is 1. The molecule has 0 unspecified atom stereocenters. The molecule has 4 amide bonds. The maximum atomic E-state index is 15.3. The molecular formula is C40H33ClFN3O6. The number of amides is 4. The maximum absolute atomic E-state index is 15.3. The van der Waals surface area contributed by atoms with Crippen molar-refractivity contribution in [1.82, 2.24) is 9.91 Å². The van der Waals surface area contributed by atoms with Gasteiger partial charge in [0.15, 0.2) is 0 Å². The quantitative estimate of drug-likeness (QED) is 0.169. The fraction of sp³-hybridized carbons (Fsp3) is 0.250. The lowest BCUT2D eigenvalue weighted by atomic mass is 9.49. The number of hydrogen-bond acceptors (Lipinski definition) is 7. The van der Waals surface area contributed by atoms with E-state index in [-0.39, 0.29) is 42.5 Å². The molecule has 258 valence electrons. The van der Waals surface area contributed by atoms with Gasteiger partial charge in [-0.25, -0.2) is 4.39 Å². The normalized spacial score (nSPS) is 26.8. The van der Waals surface area contributed by atoms with E-state index in [9.17, 15) is 23.9 Å². The molecule has 51 heavy (non-hydrogen) atoms. The van der Waals surface area contributed by atoms with E-state index in [4.69, 9.17) is 16.3 Å². The summed E-state index contributed by atoms with van der Waals surface area (Å²) in [6.07, 6.45) is 2.23. The molecule has 11 heteroatoms. The van der Waals surface area contributed by atoms with E-state index in [0.29, 0.717) is 27.6 Å². The Morgan fingerprint density at radius 1 is 0.882 bits per heavy atom. The van der Waals surface area contributed by atoms with Crippen molar-refractivity contribution >= 4 is 40.9 Å². The van der Waals surface area contributed by atoms with Crippen molar-refractivity contribution in [1.29, 1.82) is 0 Å². The van der Waals surface area contributed by atoms with E-state index in [2.05, 4.69) is 5.43 Å². The van der Waals surface area contributed by atoms with E-state index in [1.54, 1.807) is 36.4 Å². The smallest absolute Gasteiger partial charge is 0.260 e. The zero-order valence-electron chi connectivity index (χ0n) is 27.5. The first kappa shape index (κ1) is 32.7. The fourth-order valence-corrected chi connectivity index (χ4v) is 9.08. The highest BCUT2D eigenvalue weighted by Crippen LogP contribution is 2.66. The number of carbonyl (C=O) groups is 4.